The van der Waals surface area contributed by atoms with Gasteiger partial charge in [0, 0.05) is 18.8 Å². The van der Waals surface area contributed by atoms with E-state index in [-0.39, 0.29) is 0 Å². The molecule has 0 saturated heterocycles. The maximum atomic E-state index is 2.26. The molecule has 4 rings (SSSR count). The highest BCUT2D eigenvalue weighted by atomic mass is 127. The molecule has 1 aliphatic carbocycles. The number of allylic oxidation sites excluding steroid dienone is 1. The SMILES string of the molecule is CI.CI.Cc1ccc2c(c1)CC=C2.Cc1ccc2ccn(C)c2c1. The Morgan fingerprint density at radius 2 is 1.48 bits per heavy atom. The predicted octanol–water partition coefficient (Wildman–Crippen LogP) is 7.15. The van der Waals surface area contributed by atoms with Crippen molar-refractivity contribution in [1.29, 1.82) is 0 Å². The minimum absolute atomic E-state index is 1.12. The smallest absolute Gasteiger partial charge is 0.0480 e. The number of hydrogen-bond donors (Lipinski definition) is 0. The molecule has 0 unspecified atom stereocenters. The summed E-state index contributed by atoms with van der Waals surface area (Å²) in [6, 6.07) is 15.2. The zero-order valence-corrected chi connectivity index (χ0v) is 20.0. The molecule has 0 amide bonds. The first-order valence-electron chi connectivity index (χ1n) is 8.17. The number of fused-ring (bicyclic) bond motifs is 2. The summed E-state index contributed by atoms with van der Waals surface area (Å²) >= 11 is 4.30. The number of hydrogen-bond acceptors (Lipinski definition) is 0. The largest absolute Gasteiger partial charge is 0.351 e. The third-order valence-corrected chi connectivity index (χ3v) is 3.98. The van der Waals surface area contributed by atoms with Crippen LogP contribution in [0.5, 0.6) is 0 Å². The molecule has 0 bridgehead atoms. The van der Waals surface area contributed by atoms with Crippen LogP contribution in [-0.4, -0.2) is 14.4 Å². The van der Waals surface area contributed by atoms with Crippen LogP contribution >= 0.6 is 45.2 Å². The molecule has 0 radical (unpaired) electrons. The molecule has 1 nitrogen and oxygen atoms in total. The van der Waals surface area contributed by atoms with Crippen LogP contribution in [0.2, 0.25) is 0 Å². The highest BCUT2D eigenvalue weighted by Crippen LogP contribution is 2.19. The Bertz CT molecular complexity index is 816. The second-order valence-corrected chi connectivity index (χ2v) is 5.80. The van der Waals surface area contributed by atoms with Crippen LogP contribution in [-0.2, 0) is 13.5 Å². The molecule has 3 heteroatoms. The lowest BCUT2D eigenvalue weighted by Crippen LogP contribution is -1.83. The Balaban J connectivity index is 0.000000210. The van der Waals surface area contributed by atoms with Gasteiger partial charge in [0.2, 0.25) is 0 Å². The first-order chi connectivity index (χ1) is 12.1. The van der Waals surface area contributed by atoms with Crippen LogP contribution in [0.25, 0.3) is 17.0 Å². The van der Waals surface area contributed by atoms with Crippen molar-refractivity contribution in [3.8, 4) is 0 Å². The van der Waals surface area contributed by atoms with Gasteiger partial charge < -0.3 is 4.57 Å². The van der Waals surface area contributed by atoms with Gasteiger partial charge in [-0.3, -0.25) is 0 Å². The molecule has 0 aliphatic heterocycles. The van der Waals surface area contributed by atoms with E-state index in [2.05, 4.69) is 131 Å². The molecule has 134 valence electrons. The summed E-state index contributed by atoms with van der Waals surface area (Å²) in [5, 5.41) is 1.32. The lowest BCUT2D eigenvalue weighted by atomic mass is 10.1. The van der Waals surface area contributed by atoms with Crippen molar-refractivity contribution < 1.29 is 0 Å². The summed E-state index contributed by atoms with van der Waals surface area (Å²) in [6.07, 6.45) is 7.61. The molecule has 0 spiro atoms. The lowest BCUT2D eigenvalue weighted by Gasteiger charge is -1.98. The Morgan fingerprint density at radius 3 is 2.20 bits per heavy atom. The highest BCUT2D eigenvalue weighted by molar-refractivity contribution is 14.1. The first kappa shape index (κ1) is 22.2. The van der Waals surface area contributed by atoms with Gasteiger partial charge in [-0.15, -0.1) is 0 Å². The maximum absolute atomic E-state index is 2.26. The number of benzene rings is 2. The van der Waals surface area contributed by atoms with Gasteiger partial charge in [-0.25, -0.2) is 0 Å². The molecule has 3 aromatic rings. The van der Waals surface area contributed by atoms with Gasteiger partial charge in [-0.05, 0) is 64.3 Å². The monoisotopic (exact) mass is 559 g/mol. The zero-order chi connectivity index (χ0) is 18.8. The lowest BCUT2D eigenvalue weighted by molar-refractivity contribution is 0.968. The standard InChI is InChI=1S/C10H11N.C10H10.2CH3I/c1-8-3-4-9-5-6-11(2)10(9)7-8;1-8-5-6-9-3-2-4-10(9)7-8;2*1-2/h3-7H,1-2H3;2-3,5-7H,4H2,1H3;2*1H3. The van der Waals surface area contributed by atoms with Gasteiger partial charge in [-0.1, -0.05) is 93.2 Å². The van der Waals surface area contributed by atoms with Crippen molar-refractivity contribution in [3.05, 3.63) is 77.0 Å². The predicted molar refractivity (Wildman–Crippen MR) is 131 cm³/mol. The number of halogens is 2. The highest BCUT2D eigenvalue weighted by Gasteiger charge is 2.02. The van der Waals surface area contributed by atoms with Crippen LogP contribution in [0.1, 0.15) is 22.3 Å². The van der Waals surface area contributed by atoms with E-state index in [9.17, 15) is 0 Å². The molecular weight excluding hydrogens is 532 g/mol. The van der Waals surface area contributed by atoms with Gasteiger partial charge in [0.25, 0.3) is 0 Å². The van der Waals surface area contributed by atoms with Crippen LogP contribution in [0.3, 0.4) is 0 Å². The summed E-state index contributed by atoms with van der Waals surface area (Å²) in [4.78, 5) is 3.94. The maximum Gasteiger partial charge on any atom is 0.0480 e. The molecule has 0 saturated carbocycles. The van der Waals surface area contributed by atoms with Gasteiger partial charge in [0.15, 0.2) is 0 Å². The van der Waals surface area contributed by atoms with E-state index in [4.69, 9.17) is 0 Å². The van der Waals surface area contributed by atoms with Gasteiger partial charge in [0.05, 0.1) is 0 Å². The average Bonchev–Trinajstić information content (AvgIpc) is 3.25. The molecule has 1 aromatic heterocycles. The molecule has 0 atom stereocenters. The summed E-state index contributed by atoms with van der Waals surface area (Å²) in [7, 11) is 2.07. The van der Waals surface area contributed by atoms with Crippen molar-refractivity contribution in [2.45, 2.75) is 20.3 Å². The molecule has 0 fully saturated rings. The zero-order valence-electron chi connectivity index (χ0n) is 15.7. The van der Waals surface area contributed by atoms with Crippen LogP contribution in [0.15, 0.2) is 54.7 Å². The minimum Gasteiger partial charge on any atom is -0.351 e. The normalized spacial score (nSPS) is 10.7. The molecule has 2 aromatic carbocycles. The van der Waals surface area contributed by atoms with Crippen molar-refractivity contribution in [1.82, 2.24) is 4.57 Å². The molecule has 0 N–H and O–H groups in total. The Kier molecular flexibility index (Phi) is 10.4. The first-order valence-corrected chi connectivity index (χ1v) is 12.5. The van der Waals surface area contributed by atoms with Crippen LogP contribution in [0, 0.1) is 13.8 Å². The summed E-state index contributed by atoms with van der Waals surface area (Å²) in [5.74, 6) is 0. The second kappa shape index (κ2) is 11.7. The van der Waals surface area contributed by atoms with E-state index in [0.29, 0.717) is 0 Å². The quantitative estimate of drug-likeness (QED) is 0.204. The van der Waals surface area contributed by atoms with E-state index in [1.807, 2.05) is 9.86 Å². The van der Waals surface area contributed by atoms with Crippen molar-refractivity contribution in [2.24, 2.45) is 7.05 Å². The fourth-order valence-electron chi connectivity index (χ4n) is 2.76. The number of aryl methyl sites for hydroxylation is 3. The number of rotatable bonds is 0. The topological polar surface area (TPSA) is 4.93 Å². The van der Waals surface area contributed by atoms with E-state index in [1.54, 1.807) is 0 Å². The van der Waals surface area contributed by atoms with Gasteiger partial charge in [0.1, 0.15) is 0 Å². The fraction of sp³-hybridized carbons (Fsp3) is 0.273. The average molecular weight is 559 g/mol. The van der Waals surface area contributed by atoms with E-state index < -0.39 is 0 Å². The van der Waals surface area contributed by atoms with Gasteiger partial charge in [-0.2, -0.15) is 0 Å². The van der Waals surface area contributed by atoms with Crippen LogP contribution in [0.4, 0.5) is 0 Å². The van der Waals surface area contributed by atoms with Crippen molar-refractivity contribution >= 4 is 62.2 Å². The van der Waals surface area contributed by atoms with Gasteiger partial charge >= 0.3 is 0 Å². The number of alkyl halides is 2. The van der Waals surface area contributed by atoms with E-state index in [1.165, 1.54) is 33.2 Å². The molecule has 25 heavy (non-hydrogen) atoms. The Labute approximate surface area is 179 Å². The molecule has 1 aliphatic rings. The number of aromatic nitrogens is 1. The number of nitrogens with zero attached hydrogens (tertiary/aromatic N) is 1. The minimum atomic E-state index is 1.12. The Morgan fingerprint density at radius 1 is 0.840 bits per heavy atom. The van der Waals surface area contributed by atoms with Crippen molar-refractivity contribution in [3.63, 3.8) is 0 Å². The second-order valence-electron chi connectivity index (χ2n) is 5.80. The third-order valence-electron chi connectivity index (χ3n) is 3.98. The molecule has 1 heterocycles. The summed E-state index contributed by atoms with van der Waals surface area (Å²) < 4.78 is 2.14. The Hall–Kier alpha value is -0.820. The fourth-order valence-corrected chi connectivity index (χ4v) is 2.76. The molecular formula is C22H27I2N. The van der Waals surface area contributed by atoms with E-state index in [0.717, 1.165) is 6.42 Å². The van der Waals surface area contributed by atoms with Crippen molar-refractivity contribution in [2.75, 3.05) is 9.86 Å². The third kappa shape index (κ3) is 6.44. The van der Waals surface area contributed by atoms with Crippen LogP contribution < -0.4 is 0 Å². The summed E-state index contributed by atoms with van der Waals surface area (Å²) in [6.45, 7) is 4.26. The van der Waals surface area contributed by atoms with E-state index >= 15 is 0 Å². The summed E-state index contributed by atoms with van der Waals surface area (Å²) in [5.41, 5.74) is 6.86.